The molecule has 0 unspecified atom stereocenters. The van der Waals surface area contributed by atoms with Gasteiger partial charge in [-0.25, -0.2) is 9.69 Å². The van der Waals surface area contributed by atoms with Gasteiger partial charge in [0.05, 0.1) is 12.7 Å². The highest BCUT2D eigenvalue weighted by Gasteiger charge is 2.56. The first-order valence-electron chi connectivity index (χ1n) is 9.57. The van der Waals surface area contributed by atoms with Crippen molar-refractivity contribution in [2.45, 2.75) is 37.8 Å². The fourth-order valence-electron chi connectivity index (χ4n) is 4.51. The Morgan fingerprint density at radius 3 is 2.70 bits per heavy atom. The van der Waals surface area contributed by atoms with Gasteiger partial charge < -0.3 is 5.32 Å². The molecule has 1 saturated carbocycles. The van der Waals surface area contributed by atoms with Crippen molar-refractivity contribution in [1.82, 2.24) is 15.1 Å². The lowest BCUT2D eigenvalue weighted by molar-refractivity contribution is -0.133. The molecule has 3 heterocycles. The van der Waals surface area contributed by atoms with Crippen LogP contribution in [0.2, 0.25) is 0 Å². The minimum atomic E-state index is -0.720. The number of amides is 3. The zero-order chi connectivity index (χ0) is 18.6. The third-order valence-electron chi connectivity index (χ3n) is 6.20. The molecule has 2 aromatic rings. The minimum Gasteiger partial charge on any atom is -0.323 e. The van der Waals surface area contributed by atoms with E-state index in [9.17, 15) is 9.59 Å². The maximum atomic E-state index is 13.0. The lowest BCUT2D eigenvalue weighted by Gasteiger charge is -2.37. The molecule has 27 heavy (non-hydrogen) atoms. The number of hydrogen-bond donors (Lipinski definition) is 1. The number of carbonyl (C=O) groups is 2. The molecule has 5 nitrogen and oxygen atoms in total. The first kappa shape index (κ1) is 17.0. The molecule has 2 fully saturated rings. The Bertz CT molecular complexity index is 892. The standard InChI is InChI=1S/C21H23N3O2S/c1-21(15-7-8-15)19(25)24(20(26)22-21)13-23-11-9-17-16(10-12-27-17)18(23)14-5-3-2-4-6-14/h2-6,10,12,15,18H,7-9,11,13H2,1H3,(H,22,26)/t18-,21+/m1/s1. The highest BCUT2D eigenvalue weighted by Crippen LogP contribution is 2.43. The molecule has 0 bridgehead atoms. The smallest absolute Gasteiger partial charge is 0.323 e. The summed E-state index contributed by atoms with van der Waals surface area (Å²) >= 11 is 1.80. The Morgan fingerprint density at radius 1 is 1.19 bits per heavy atom. The van der Waals surface area contributed by atoms with Gasteiger partial charge in [-0.05, 0) is 54.7 Å². The molecule has 2 atom stereocenters. The van der Waals surface area contributed by atoms with Gasteiger partial charge in [0, 0.05) is 11.4 Å². The van der Waals surface area contributed by atoms with Gasteiger partial charge in [0.1, 0.15) is 5.54 Å². The van der Waals surface area contributed by atoms with Crippen LogP contribution in [-0.4, -0.2) is 40.5 Å². The van der Waals surface area contributed by atoms with Crippen molar-refractivity contribution in [3.05, 3.63) is 57.8 Å². The van der Waals surface area contributed by atoms with E-state index >= 15 is 0 Å². The number of carbonyl (C=O) groups excluding carboxylic acids is 2. The molecule has 1 aromatic carbocycles. The van der Waals surface area contributed by atoms with E-state index in [4.69, 9.17) is 0 Å². The van der Waals surface area contributed by atoms with Crippen molar-refractivity contribution >= 4 is 23.3 Å². The van der Waals surface area contributed by atoms with E-state index in [1.165, 1.54) is 20.9 Å². The first-order chi connectivity index (χ1) is 13.1. The predicted octanol–water partition coefficient (Wildman–Crippen LogP) is 3.37. The third kappa shape index (κ3) is 2.70. The lowest BCUT2D eigenvalue weighted by atomic mass is 9.93. The second kappa shape index (κ2) is 6.17. The van der Waals surface area contributed by atoms with E-state index in [2.05, 4.69) is 33.8 Å². The Hall–Kier alpha value is -2.18. The van der Waals surface area contributed by atoms with Crippen molar-refractivity contribution in [2.24, 2.45) is 5.92 Å². The number of nitrogens with zero attached hydrogens (tertiary/aromatic N) is 2. The second-order valence-corrected chi connectivity index (χ2v) is 8.96. The van der Waals surface area contributed by atoms with Gasteiger partial charge in [-0.3, -0.25) is 9.69 Å². The van der Waals surface area contributed by atoms with E-state index in [0.29, 0.717) is 6.67 Å². The monoisotopic (exact) mass is 381 g/mol. The Balaban J connectivity index is 1.46. The summed E-state index contributed by atoms with van der Waals surface area (Å²) in [6.07, 6.45) is 3.00. The molecule has 5 rings (SSSR count). The summed E-state index contributed by atoms with van der Waals surface area (Å²) in [4.78, 5) is 30.8. The molecule has 0 radical (unpaired) electrons. The normalized spacial score (nSPS) is 28.3. The molecule has 3 amide bonds. The summed E-state index contributed by atoms with van der Waals surface area (Å²) in [5.74, 6) is 0.214. The minimum absolute atomic E-state index is 0.0714. The van der Waals surface area contributed by atoms with E-state index in [0.717, 1.165) is 25.8 Å². The number of nitrogens with one attached hydrogen (secondary N) is 1. The molecule has 3 aliphatic rings. The van der Waals surface area contributed by atoms with Gasteiger partial charge in [-0.15, -0.1) is 11.3 Å². The Kier molecular flexibility index (Phi) is 3.88. The fraction of sp³-hybridized carbons (Fsp3) is 0.429. The Morgan fingerprint density at radius 2 is 1.96 bits per heavy atom. The molecule has 140 valence electrons. The van der Waals surface area contributed by atoms with Crippen LogP contribution in [0, 0.1) is 5.92 Å². The van der Waals surface area contributed by atoms with Crippen LogP contribution in [0.15, 0.2) is 41.8 Å². The van der Waals surface area contributed by atoms with Crippen LogP contribution >= 0.6 is 11.3 Å². The van der Waals surface area contributed by atoms with Gasteiger partial charge >= 0.3 is 6.03 Å². The molecule has 1 aliphatic carbocycles. The fourth-order valence-corrected chi connectivity index (χ4v) is 5.41. The van der Waals surface area contributed by atoms with Crippen LogP contribution in [0.5, 0.6) is 0 Å². The summed E-state index contributed by atoms with van der Waals surface area (Å²) < 4.78 is 0. The summed E-state index contributed by atoms with van der Waals surface area (Å²) in [6, 6.07) is 12.4. The van der Waals surface area contributed by atoms with Crippen molar-refractivity contribution < 1.29 is 9.59 Å². The number of hydrogen-bond acceptors (Lipinski definition) is 4. The number of imide groups is 1. The second-order valence-electron chi connectivity index (χ2n) is 7.96. The van der Waals surface area contributed by atoms with Crippen LogP contribution in [-0.2, 0) is 11.2 Å². The third-order valence-corrected chi connectivity index (χ3v) is 7.20. The van der Waals surface area contributed by atoms with Crippen LogP contribution < -0.4 is 5.32 Å². The van der Waals surface area contributed by atoms with Crippen molar-refractivity contribution in [2.75, 3.05) is 13.2 Å². The van der Waals surface area contributed by atoms with Gasteiger partial charge in [0.2, 0.25) is 0 Å². The predicted molar refractivity (Wildman–Crippen MR) is 104 cm³/mol. The van der Waals surface area contributed by atoms with E-state index < -0.39 is 5.54 Å². The summed E-state index contributed by atoms with van der Waals surface area (Å²) in [7, 11) is 0. The molecule has 1 saturated heterocycles. The van der Waals surface area contributed by atoms with Crippen LogP contribution in [0.3, 0.4) is 0 Å². The largest absolute Gasteiger partial charge is 0.326 e. The van der Waals surface area contributed by atoms with E-state index in [1.807, 2.05) is 25.1 Å². The molecular formula is C21H23N3O2S. The maximum Gasteiger partial charge on any atom is 0.326 e. The van der Waals surface area contributed by atoms with Gasteiger partial charge in [-0.2, -0.15) is 0 Å². The van der Waals surface area contributed by atoms with E-state index in [-0.39, 0.29) is 23.9 Å². The highest BCUT2D eigenvalue weighted by molar-refractivity contribution is 7.10. The number of rotatable bonds is 4. The van der Waals surface area contributed by atoms with Gasteiger partial charge in [0.25, 0.3) is 5.91 Å². The van der Waals surface area contributed by atoms with Crippen molar-refractivity contribution in [3.8, 4) is 0 Å². The van der Waals surface area contributed by atoms with Crippen LogP contribution in [0.25, 0.3) is 0 Å². The van der Waals surface area contributed by atoms with Gasteiger partial charge in [0.15, 0.2) is 0 Å². The molecule has 6 heteroatoms. The van der Waals surface area contributed by atoms with Gasteiger partial charge in [-0.1, -0.05) is 30.3 Å². The average Bonchev–Trinajstić information content (AvgIpc) is 3.39. The van der Waals surface area contributed by atoms with Crippen LogP contribution in [0.4, 0.5) is 4.79 Å². The zero-order valence-electron chi connectivity index (χ0n) is 15.4. The molecule has 1 aromatic heterocycles. The SMILES string of the molecule is C[C@@]1(C2CC2)NC(=O)N(CN2CCc3sccc3[C@H]2c2ccccc2)C1=O. The average molecular weight is 382 g/mol. The Labute approximate surface area is 163 Å². The lowest BCUT2D eigenvalue weighted by Crippen LogP contribution is -2.48. The number of benzene rings is 1. The molecule has 0 spiro atoms. The summed E-state index contributed by atoms with van der Waals surface area (Å²) in [5.41, 5.74) is 1.78. The first-order valence-corrected chi connectivity index (χ1v) is 10.5. The highest BCUT2D eigenvalue weighted by atomic mass is 32.1. The van der Waals surface area contributed by atoms with Crippen molar-refractivity contribution in [3.63, 3.8) is 0 Å². The molecule has 1 N–H and O–H groups in total. The van der Waals surface area contributed by atoms with Crippen molar-refractivity contribution in [1.29, 1.82) is 0 Å². The van der Waals surface area contributed by atoms with Crippen LogP contribution in [0.1, 0.15) is 41.8 Å². The maximum absolute atomic E-state index is 13.0. The number of urea groups is 1. The molecular weight excluding hydrogens is 358 g/mol. The topological polar surface area (TPSA) is 52.7 Å². The molecule has 2 aliphatic heterocycles. The summed E-state index contributed by atoms with van der Waals surface area (Å²) in [6.45, 7) is 3.05. The number of thiophene rings is 1. The van der Waals surface area contributed by atoms with E-state index in [1.54, 1.807) is 11.3 Å². The number of fused-ring (bicyclic) bond motifs is 1. The summed E-state index contributed by atoms with van der Waals surface area (Å²) in [5, 5.41) is 5.10. The zero-order valence-corrected chi connectivity index (χ0v) is 16.2. The quantitative estimate of drug-likeness (QED) is 0.826.